The molecule has 2 aliphatic heterocycles. The molecule has 6 nitrogen and oxygen atoms in total. The molecule has 4 amide bonds. The Balaban J connectivity index is 1.23. The number of piperazine rings is 1. The van der Waals surface area contributed by atoms with Crippen molar-refractivity contribution in [1.29, 1.82) is 0 Å². The number of amides is 4. The second kappa shape index (κ2) is 10.9. The molecule has 2 bridgehead atoms. The van der Waals surface area contributed by atoms with E-state index in [1.54, 1.807) is 0 Å². The van der Waals surface area contributed by atoms with Crippen molar-refractivity contribution in [3.05, 3.63) is 96.6 Å². The topological polar surface area (TPSA) is 47.1 Å². The number of para-hydroxylation sites is 2. The van der Waals surface area contributed by atoms with Gasteiger partial charge in [0.1, 0.15) is 0 Å². The van der Waals surface area contributed by atoms with Crippen LogP contribution < -0.4 is 4.90 Å². The number of piperidine rings is 1. The number of benzene rings is 3. The van der Waals surface area contributed by atoms with Gasteiger partial charge in [0, 0.05) is 26.2 Å². The van der Waals surface area contributed by atoms with Gasteiger partial charge in [0.25, 0.3) is 0 Å². The number of likely N-dealkylation sites (tertiary alicyclic amines) is 1. The number of hydrogen-bond acceptors (Lipinski definition) is 2. The fourth-order valence-corrected chi connectivity index (χ4v) is 6.03. The van der Waals surface area contributed by atoms with Gasteiger partial charge in [-0.05, 0) is 67.9 Å². The molecule has 2 saturated heterocycles. The van der Waals surface area contributed by atoms with E-state index in [9.17, 15) is 9.59 Å². The van der Waals surface area contributed by atoms with Crippen LogP contribution in [0.1, 0.15) is 37.7 Å². The Hall–Kier alpha value is -3.80. The molecule has 6 rings (SSSR count). The van der Waals surface area contributed by atoms with E-state index in [0.717, 1.165) is 37.2 Å². The lowest BCUT2D eigenvalue weighted by atomic mass is 9.91. The lowest BCUT2D eigenvalue weighted by molar-refractivity contribution is 0.0203. The van der Waals surface area contributed by atoms with Crippen molar-refractivity contribution in [1.82, 2.24) is 14.7 Å². The van der Waals surface area contributed by atoms with E-state index in [4.69, 9.17) is 0 Å². The summed E-state index contributed by atoms with van der Waals surface area (Å²) in [5, 5.41) is 0. The lowest BCUT2D eigenvalue weighted by Crippen LogP contribution is -2.66. The highest BCUT2D eigenvalue weighted by atomic mass is 16.2. The highest BCUT2D eigenvalue weighted by Crippen LogP contribution is 2.35. The molecule has 3 aromatic rings. The van der Waals surface area contributed by atoms with Gasteiger partial charge in [0.15, 0.2) is 0 Å². The van der Waals surface area contributed by atoms with Crippen molar-refractivity contribution in [2.75, 3.05) is 24.5 Å². The Morgan fingerprint density at radius 3 is 1.74 bits per heavy atom. The molecule has 6 heteroatoms. The van der Waals surface area contributed by atoms with Gasteiger partial charge in [-0.1, -0.05) is 66.7 Å². The lowest BCUT2D eigenvalue weighted by Gasteiger charge is -2.51. The number of urea groups is 2. The van der Waals surface area contributed by atoms with Gasteiger partial charge in [-0.25, -0.2) is 9.59 Å². The van der Waals surface area contributed by atoms with Crippen molar-refractivity contribution >= 4 is 23.4 Å². The maximum absolute atomic E-state index is 14.1. The third kappa shape index (κ3) is 5.26. The van der Waals surface area contributed by atoms with E-state index in [-0.39, 0.29) is 24.1 Å². The number of carbonyl (C=O) groups excluding carboxylic acids is 2. The minimum absolute atomic E-state index is 0.0227. The minimum atomic E-state index is -0.0227. The summed E-state index contributed by atoms with van der Waals surface area (Å²) in [6, 6.07) is 30.2. The molecule has 38 heavy (non-hydrogen) atoms. The van der Waals surface area contributed by atoms with Gasteiger partial charge in [-0.3, -0.25) is 4.90 Å². The van der Waals surface area contributed by atoms with Crippen LogP contribution in [-0.2, 0) is 6.54 Å². The highest BCUT2D eigenvalue weighted by molar-refractivity contribution is 5.99. The summed E-state index contributed by atoms with van der Waals surface area (Å²) in [6.45, 7) is 2.60. The quantitative estimate of drug-likeness (QED) is 0.381. The van der Waals surface area contributed by atoms with Crippen LogP contribution in [0.25, 0.3) is 0 Å². The molecule has 3 aliphatic rings. The molecule has 1 saturated carbocycles. The zero-order valence-electron chi connectivity index (χ0n) is 21.9. The Bertz CT molecular complexity index is 1180. The van der Waals surface area contributed by atoms with Gasteiger partial charge in [0.2, 0.25) is 0 Å². The largest absolute Gasteiger partial charge is 0.329 e. The van der Waals surface area contributed by atoms with Gasteiger partial charge in [-0.2, -0.15) is 0 Å². The molecule has 0 unspecified atom stereocenters. The maximum atomic E-state index is 14.1. The summed E-state index contributed by atoms with van der Waals surface area (Å²) in [7, 11) is 0. The molecule has 0 N–H and O–H groups in total. The molecule has 3 aromatic carbocycles. The molecule has 196 valence electrons. The standard InChI is InChI=1S/C32H36N4O2/c37-31(33(22-26-19-20-26)21-25-11-4-1-5-12-25)36-29-17-10-18-30(36)24-34(23-29)32(38)35(27-13-6-2-7-14-27)28-15-8-3-9-16-28/h1-9,11-16,26,29-30H,10,17-24H2/t29-,30+. The van der Waals surface area contributed by atoms with E-state index in [1.807, 2.05) is 88.7 Å². The third-order valence-corrected chi connectivity index (χ3v) is 8.10. The van der Waals surface area contributed by atoms with Crippen LogP contribution in [0.5, 0.6) is 0 Å². The van der Waals surface area contributed by atoms with Gasteiger partial charge in [0.05, 0.1) is 23.5 Å². The SMILES string of the molecule is O=C(N1C[C@H]2CCC[C@@H](C1)N2C(=O)N(Cc1ccccc1)CC1CC1)N(c1ccccc1)c1ccccc1. The van der Waals surface area contributed by atoms with E-state index in [2.05, 4.69) is 21.9 Å². The van der Waals surface area contributed by atoms with Crippen molar-refractivity contribution in [3.63, 3.8) is 0 Å². The molecule has 2 heterocycles. The molecular formula is C32H36N4O2. The number of fused-ring (bicyclic) bond motifs is 2. The normalized spacial score (nSPS) is 20.6. The summed E-state index contributed by atoms with van der Waals surface area (Å²) in [5.74, 6) is 0.621. The fourth-order valence-electron chi connectivity index (χ4n) is 6.03. The monoisotopic (exact) mass is 508 g/mol. The Kier molecular flexibility index (Phi) is 7.04. The van der Waals surface area contributed by atoms with Crippen LogP contribution in [0.3, 0.4) is 0 Å². The van der Waals surface area contributed by atoms with E-state index in [1.165, 1.54) is 18.4 Å². The Morgan fingerprint density at radius 2 is 1.21 bits per heavy atom. The fraction of sp³-hybridized carbons (Fsp3) is 0.375. The van der Waals surface area contributed by atoms with E-state index >= 15 is 0 Å². The van der Waals surface area contributed by atoms with Crippen molar-refractivity contribution in [2.24, 2.45) is 5.92 Å². The van der Waals surface area contributed by atoms with Crippen LogP contribution >= 0.6 is 0 Å². The predicted octanol–water partition coefficient (Wildman–Crippen LogP) is 6.52. The van der Waals surface area contributed by atoms with Crippen molar-refractivity contribution in [2.45, 2.75) is 50.7 Å². The molecule has 0 spiro atoms. The summed E-state index contributed by atoms with van der Waals surface area (Å²) < 4.78 is 0. The predicted molar refractivity (Wildman–Crippen MR) is 150 cm³/mol. The Labute approximate surface area is 225 Å². The number of rotatable bonds is 6. The van der Waals surface area contributed by atoms with E-state index < -0.39 is 0 Å². The van der Waals surface area contributed by atoms with Crippen LogP contribution in [0.15, 0.2) is 91.0 Å². The first kappa shape index (κ1) is 24.5. The maximum Gasteiger partial charge on any atom is 0.329 e. The van der Waals surface area contributed by atoms with Crippen LogP contribution in [-0.4, -0.2) is 58.5 Å². The number of anilines is 2. The molecule has 1 aliphatic carbocycles. The van der Waals surface area contributed by atoms with Gasteiger partial charge < -0.3 is 14.7 Å². The van der Waals surface area contributed by atoms with Crippen LogP contribution in [0, 0.1) is 5.92 Å². The number of nitrogens with zero attached hydrogens (tertiary/aromatic N) is 4. The summed E-state index contributed by atoms with van der Waals surface area (Å²) in [4.78, 5) is 36.1. The van der Waals surface area contributed by atoms with Crippen molar-refractivity contribution < 1.29 is 9.59 Å². The van der Waals surface area contributed by atoms with Gasteiger partial charge in [-0.15, -0.1) is 0 Å². The molecular weight excluding hydrogens is 472 g/mol. The molecule has 2 atom stereocenters. The number of carbonyl (C=O) groups is 2. The summed E-state index contributed by atoms with van der Waals surface area (Å²) in [6.07, 6.45) is 5.39. The van der Waals surface area contributed by atoms with Crippen LogP contribution in [0.4, 0.5) is 21.0 Å². The average molecular weight is 509 g/mol. The highest BCUT2D eigenvalue weighted by Gasteiger charge is 2.44. The molecule has 3 fully saturated rings. The van der Waals surface area contributed by atoms with E-state index in [0.29, 0.717) is 25.6 Å². The van der Waals surface area contributed by atoms with Crippen molar-refractivity contribution in [3.8, 4) is 0 Å². The smallest absolute Gasteiger partial charge is 0.320 e. The first-order chi connectivity index (χ1) is 18.7. The first-order valence-corrected chi connectivity index (χ1v) is 14.0. The summed E-state index contributed by atoms with van der Waals surface area (Å²) in [5.41, 5.74) is 2.87. The first-order valence-electron chi connectivity index (χ1n) is 14.0. The molecule has 0 radical (unpaired) electrons. The van der Waals surface area contributed by atoms with Crippen LogP contribution in [0.2, 0.25) is 0 Å². The minimum Gasteiger partial charge on any atom is -0.320 e. The second-order valence-corrected chi connectivity index (χ2v) is 10.9. The second-order valence-electron chi connectivity index (χ2n) is 10.9. The van der Waals surface area contributed by atoms with Gasteiger partial charge >= 0.3 is 12.1 Å². The Morgan fingerprint density at radius 1 is 0.684 bits per heavy atom. The average Bonchev–Trinajstić information content (AvgIpc) is 3.78. The molecule has 0 aromatic heterocycles. The zero-order valence-corrected chi connectivity index (χ0v) is 21.9. The third-order valence-electron chi connectivity index (χ3n) is 8.10. The zero-order chi connectivity index (χ0) is 25.9. The summed E-state index contributed by atoms with van der Waals surface area (Å²) >= 11 is 0. The number of hydrogen-bond donors (Lipinski definition) is 0.